The molecule has 148 valence electrons. The third-order valence-corrected chi connectivity index (χ3v) is 4.61. The van der Waals surface area contributed by atoms with Crippen LogP contribution in [0.1, 0.15) is 15.9 Å². The van der Waals surface area contributed by atoms with Crippen molar-refractivity contribution in [2.45, 2.75) is 6.42 Å². The monoisotopic (exact) mass is 457 g/mol. The predicted octanol–water partition coefficient (Wildman–Crippen LogP) is 4.43. The predicted molar refractivity (Wildman–Crippen MR) is 112 cm³/mol. The highest BCUT2D eigenvalue weighted by atomic mass is 79.9. The number of pyridine rings is 1. The van der Waals surface area contributed by atoms with Crippen LogP contribution in [0.25, 0.3) is 0 Å². The first kappa shape index (κ1) is 20.5. The number of hydrogen-bond donors (Lipinski definition) is 2. The lowest BCUT2D eigenvalue weighted by Gasteiger charge is -2.13. The molecule has 0 bridgehead atoms. The first-order valence-corrected chi connectivity index (χ1v) is 9.39. The maximum absolute atomic E-state index is 13.3. The van der Waals surface area contributed by atoms with Crippen molar-refractivity contribution in [1.82, 2.24) is 4.98 Å². The molecule has 0 unspecified atom stereocenters. The molecule has 0 spiro atoms. The third-order valence-electron chi connectivity index (χ3n) is 4.01. The minimum absolute atomic E-state index is 0.0840. The van der Waals surface area contributed by atoms with Gasteiger partial charge in [-0.05, 0) is 57.9 Å². The summed E-state index contributed by atoms with van der Waals surface area (Å²) in [6, 6.07) is 12.6. The normalized spacial score (nSPS) is 10.3. The lowest BCUT2D eigenvalue weighted by Crippen LogP contribution is -2.15. The van der Waals surface area contributed by atoms with Gasteiger partial charge in [0.15, 0.2) is 0 Å². The zero-order valence-corrected chi connectivity index (χ0v) is 17.0. The van der Waals surface area contributed by atoms with Crippen LogP contribution in [0.4, 0.5) is 15.8 Å². The van der Waals surface area contributed by atoms with Crippen molar-refractivity contribution >= 4 is 39.1 Å². The number of carbonyl (C=O) groups excluding carboxylic acids is 2. The largest absolute Gasteiger partial charge is 0.494 e. The third kappa shape index (κ3) is 5.39. The number of ether oxygens (including phenoxy) is 1. The minimum atomic E-state index is -0.386. The van der Waals surface area contributed by atoms with Crippen LogP contribution in [0.3, 0.4) is 0 Å². The van der Waals surface area contributed by atoms with Gasteiger partial charge in [-0.15, -0.1) is 0 Å². The van der Waals surface area contributed by atoms with Gasteiger partial charge in [-0.3, -0.25) is 14.6 Å². The lowest BCUT2D eigenvalue weighted by molar-refractivity contribution is -0.115. The summed E-state index contributed by atoms with van der Waals surface area (Å²) in [6.07, 6.45) is 3.13. The summed E-state index contributed by atoms with van der Waals surface area (Å²) >= 11 is 3.10. The summed E-state index contributed by atoms with van der Waals surface area (Å²) in [5.74, 6) is -0.583. The Morgan fingerprint density at radius 1 is 1.14 bits per heavy atom. The molecule has 29 heavy (non-hydrogen) atoms. The quantitative estimate of drug-likeness (QED) is 0.573. The summed E-state index contributed by atoms with van der Waals surface area (Å²) in [4.78, 5) is 28.5. The molecule has 2 aromatic carbocycles. The van der Waals surface area contributed by atoms with Gasteiger partial charge in [0.05, 0.1) is 29.3 Å². The van der Waals surface area contributed by atoms with E-state index < -0.39 is 0 Å². The fourth-order valence-electron chi connectivity index (χ4n) is 2.60. The number of hydrogen-bond acceptors (Lipinski definition) is 4. The molecule has 0 aliphatic rings. The Kier molecular flexibility index (Phi) is 6.56. The van der Waals surface area contributed by atoms with Crippen LogP contribution in [0.2, 0.25) is 0 Å². The minimum Gasteiger partial charge on any atom is -0.494 e. The van der Waals surface area contributed by atoms with E-state index in [0.717, 1.165) is 0 Å². The van der Waals surface area contributed by atoms with Crippen molar-refractivity contribution in [3.05, 3.63) is 82.3 Å². The first-order chi connectivity index (χ1) is 14.0. The number of benzene rings is 2. The van der Waals surface area contributed by atoms with Crippen LogP contribution in [-0.4, -0.2) is 23.9 Å². The van der Waals surface area contributed by atoms with Gasteiger partial charge in [0, 0.05) is 24.1 Å². The fourth-order valence-corrected chi connectivity index (χ4v) is 3.03. The second kappa shape index (κ2) is 9.29. The van der Waals surface area contributed by atoms with E-state index in [-0.39, 0.29) is 24.1 Å². The Hall–Kier alpha value is -3.26. The molecule has 2 N–H and O–H groups in total. The molecule has 6 nitrogen and oxygen atoms in total. The molecule has 0 aliphatic heterocycles. The summed E-state index contributed by atoms with van der Waals surface area (Å²) in [5, 5.41) is 5.51. The summed E-state index contributed by atoms with van der Waals surface area (Å²) < 4.78 is 18.9. The SMILES string of the molecule is COc1cc(NC(=O)Cc2ccc(F)c(Br)c2)ccc1NC(=O)c1cccnc1. The van der Waals surface area contributed by atoms with Crippen molar-refractivity contribution < 1.29 is 18.7 Å². The Bertz CT molecular complexity index is 1040. The highest BCUT2D eigenvalue weighted by Crippen LogP contribution is 2.28. The van der Waals surface area contributed by atoms with E-state index in [1.54, 1.807) is 48.7 Å². The molecule has 8 heteroatoms. The topological polar surface area (TPSA) is 80.3 Å². The van der Waals surface area contributed by atoms with E-state index in [1.165, 1.54) is 19.4 Å². The van der Waals surface area contributed by atoms with E-state index in [4.69, 9.17) is 4.74 Å². The van der Waals surface area contributed by atoms with Crippen LogP contribution in [0.5, 0.6) is 5.75 Å². The van der Waals surface area contributed by atoms with Crippen LogP contribution >= 0.6 is 15.9 Å². The molecular formula is C21H17BrFN3O3. The molecule has 1 heterocycles. The fraction of sp³-hybridized carbons (Fsp3) is 0.0952. The number of halogens is 2. The molecule has 0 aliphatic carbocycles. The molecule has 1 aromatic heterocycles. The van der Waals surface area contributed by atoms with Crippen LogP contribution in [0, 0.1) is 5.82 Å². The second-order valence-corrected chi connectivity index (χ2v) is 6.94. The van der Waals surface area contributed by atoms with Gasteiger partial charge in [0.25, 0.3) is 5.91 Å². The average molecular weight is 458 g/mol. The molecule has 3 aromatic rings. The zero-order valence-electron chi connectivity index (χ0n) is 15.4. The van der Waals surface area contributed by atoms with Crippen LogP contribution in [0.15, 0.2) is 65.4 Å². The molecule has 2 amide bonds. The Morgan fingerprint density at radius 3 is 2.66 bits per heavy atom. The average Bonchev–Trinajstić information content (AvgIpc) is 2.72. The van der Waals surface area contributed by atoms with Crippen LogP contribution in [-0.2, 0) is 11.2 Å². The van der Waals surface area contributed by atoms with E-state index in [1.807, 2.05) is 0 Å². The number of carbonyl (C=O) groups is 2. The summed E-state index contributed by atoms with van der Waals surface area (Å²) in [5.41, 5.74) is 2.05. The van der Waals surface area contributed by atoms with E-state index >= 15 is 0 Å². The van der Waals surface area contributed by atoms with Gasteiger partial charge in [-0.2, -0.15) is 0 Å². The maximum atomic E-state index is 13.3. The standard InChI is InChI=1S/C21H17BrFN3O3/c1-29-19-11-15(25-20(27)10-13-4-6-17(23)16(22)9-13)5-7-18(19)26-21(28)14-3-2-8-24-12-14/h2-9,11-12H,10H2,1H3,(H,25,27)(H,26,28). The summed E-state index contributed by atoms with van der Waals surface area (Å²) in [7, 11) is 1.47. The lowest BCUT2D eigenvalue weighted by atomic mass is 10.1. The number of rotatable bonds is 6. The van der Waals surface area contributed by atoms with Crippen molar-refractivity contribution in [3.8, 4) is 5.75 Å². The number of amides is 2. The Balaban J connectivity index is 1.68. The number of anilines is 2. The summed E-state index contributed by atoms with van der Waals surface area (Å²) in [6.45, 7) is 0. The van der Waals surface area contributed by atoms with Gasteiger partial charge >= 0.3 is 0 Å². The van der Waals surface area contributed by atoms with Crippen molar-refractivity contribution in [1.29, 1.82) is 0 Å². The van der Waals surface area contributed by atoms with Crippen molar-refractivity contribution in [3.63, 3.8) is 0 Å². The van der Waals surface area contributed by atoms with Gasteiger partial charge < -0.3 is 15.4 Å². The molecular weight excluding hydrogens is 441 g/mol. The van der Waals surface area contributed by atoms with Crippen LogP contribution < -0.4 is 15.4 Å². The maximum Gasteiger partial charge on any atom is 0.257 e. The second-order valence-electron chi connectivity index (χ2n) is 6.08. The number of methoxy groups -OCH3 is 1. The van der Waals surface area contributed by atoms with Crippen molar-refractivity contribution in [2.24, 2.45) is 0 Å². The Morgan fingerprint density at radius 2 is 1.97 bits per heavy atom. The van der Waals surface area contributed by atoms with E-state index in [0.29, 0.717) is 32.7 Å². The molecule has 0 atom stereocenters. The highest BCUT2D eigenvalue weighted by Gasteiger charge is 2.12. The van der Waals surface area contributed by atoms with Crippen molar-refractivity contribution in [2.75, 3.05) is 17.7 Å². The molecule has 0 saturated carbocycles. The van der Waals surface area contributed by atoms with E-state index in [9.17, 15) is 14.0 Å². The highest BCUT2D eigenvalue weighted by molar-refractivity contribution is 9.10. The molecule has 0 fully saturated rings. The van der Waals surface area contributed by atoms with Gasteiger partial charge in [-0.1, -0.05) is 6.07 Å². The van der Waals surface area contributed by atoms with Gasteiger partial charge in [0.2, 0.25) is 5.91 Å². The number of nitrogens with zero attached hydrogens (tertiary/aromatic N) is 1. The first-order valence-electron chi connectivity index (χ1n) is 8.59. The zero-order chi connectivity index (χ0) is 20.8. The van der Waals surface area contributed by atoms with Gasteiger partial charge in [0.1, 0.15) is 11.6 Å². The molecule has 3 rings (SSSR count). The van der Waals surface area contributed by atoms with Gasteiger partial charge in [-0.25, -0.2) is 4.39 Å². The smallest absolute Gasteiger partial charge is 0.257 e. The number of nitrogens with one attached hydrogen (secondary N) is 2. The van der Waals surface area contributed by atoms with E-state index in [2.05, 4.69) is 31.5 Å². The Labute approximate surface area is 175 Å². The molecule has 0 saturated heterocycles. The molecule has 0 radical (unpaired) electrons. The number of aromatic nitrogens is 1.